The molecule has 6 N–H and O–H groups in total. The number of likely N-dealkylation sites (N-methyl/N-ethyl adjacent to an activating group) is 1. The molecule has 1 saturated heterocycles. The first-order chi connectivity index (χ1) is 22.3. The van der Waals surface area contributed by atoms with Gasteiger partial charge in [-0.25, -0.2) is 4.79 Å². The Labute approximate surface area is 274 Å². The minimum atomic E-state index is -1.73. The third-order valence-electron chi connectivity index (χ3n) is 8.16. The van der Waals surface area contributed by atoms with Gasteiger partial charge in [-0.1, -0.05) is 74.5 Å². The second-order valence-corrected chi connectivity index (χ2v) is 12.3. The topological polar surface area (TPSA) is 199 Å². The fraction of sp³-hybridized carbons (Fsp3) is 0.471. The summed E-state index contributed by atoms with van der Waals surface area (Å²) in [5.41, 5.74) is 7.58. The van der Waals surface area contributed by atoms with Crippen LogP contribution in [0.25, 0.3) is 0 Å². The van der Waals surface area contributed by atoms with Gasteiger partial charge in [0.05, 0.1) is 12.5 Å². The first-order valence-corrected chi connectivity index (χ1v) is 15.7. The van der Waals surface area contributed by atoms with E-state index in [1.54, 1.807) is 54.6 Å². The molecule has 1 heterocycles. The largest absolute Gasteiger partial charge is 0.481 e. The molecule has 1 aliphatic rings. The maximum absolute atomic E-state index is 14.1. The van der Waals surface area contributed by atoms with Crippen molar-refractivity contribution in [1.82, 2.24) is 20.4 Å². The molecular formula is C34H45N5O8. The third kappa shape index (κ3) is 10.6. The zero-order valence-corrected chi connectivity index (χ0v) is 27.0. The van der Waals surface area contributed by atoms with Crippen molar-refractivity contribution in [2.24, 2.45) is 11.7 Å². The molecule has 4 amide bonds. The van der Waals surface area contributed by atoms with Crippen molar-refractivity contribution in [2.75, 3.05) is 13.6 Å². The molecule has 1 aliphatic heterocycles. The number of hydrogen-bond donors (Lipinski definition) is 5. The van der Waals surface area contributed by atoms with E-state index in [0.29, 0.717) is 31.4 Å². The maximum atomic E-state index is 14.1. The number of hydrogen-bond acceptors (Lipinski definition) is 7. The number of benzene rings is 2. The van der Waals surface area contributed by atoms with Gasteiger partial charge in [0, 0.05) is 26.4 Å². The molecule has 0 spiro atoms. The Kier molecular flexibility index (Phi) is 13.4. The summed E-state index contributed by atoms with van der Waals surface area (Å²) in [6, 6.07) is 12.0. The lowest BCUT2D eigenvalue weighted by molar-refractivity contribution is -0.148. The summed E-state index contributed by atoms with van der Waals surface area (Å²) in [5.74, 6) is -5.12. The zero-order chi connectivity index (χ0) is 34.7. The van der Waals surface area contributed by atoms with Gasteiger partial charge in [0.15, 0.2) is 0 Å². The SMILES string of the molecule is CC(C)C[C@H](N)C(=O)N1CCC[C@H]1C(=O)N(C)[C@@H](Cc1ccccc1)C(=O)N[C@@H](Cc1ccccc1)C(=O)N[C@@H](CC(=O)O)C(=O)O. The number of carboxylic acids is 2. The zero-order valence-electron chi connectivity index (χ0n) is 27.0. The smallest absolute Gasteiger partial charge is 0.326 e. The Morgan fingerprint density at radius 2 is 1.43 bits per heavy atom. The summed E-state index contributed by atoms with van der Waals surface area (Å²) >= 11 is 0. The molecule has 2 aromatic rings. The molecule has 13 heteroatoms. The van der Waals surface area contributed by atoms with Crippen LogP contribution in [0.2, 0.25) is 0 Å². The molecule has 2 aromatic carbocycles. The normalized spacial score (nSPS) is 16.9. The van der Waals surface area contributed by atoms with Gasteiger partial charge in [-0.05, 0) is 36.3 Å². The lowest BCUT2D eigenvalue weighted by Gasteiger charge is -2.34. The molecular weight excluding hydrogens is 606 g/mol. The standard InChI is InChI=1S/C34H45N5O8/c1-21(2)17-24(35)32(44)39-16-10-15-27(39)33(45)38(3)28(19-23-13-8-5-9-14-23)31(43)36-25(18-22-11-6-4-7-12-22)30(42)37-26(34(46)47)20-29(40)41/h4-9,11-14,21,24-28H,10,15-20,35H2,1-3H3,(H,36,43)(H,37,42)(H,40,41)(H,46,47)/t24-,25-,26-,27-,28-/m0/s1. The quantitative estimate of drug-likeness (QED) is 0.177. The minimum absolute atomic E-state index is 0.0355. The number of carbonyl (C=O) groups excluding carboxylic acids is 4. The molecule has 0 unspecified atom stereocenters. The van der Waals surface area contributed by atoms with Crippen LogP contribution in [0, 0.1) is 5.92 Å². The Balaban J connectivity index is 1.90. The summed E-state index contributed by atoms with van der Waals surface area (Å²) in [4.78, 5) is 80.4. The van der Waals surface area contributed by atoms with E-state index >= 15 is 0 Å². The number of rotatable bonds is 16. The molecule has 1 fully saturated rings. The van der Waals surface area contributed by atoms with E-state index < -0.39 is 66.3 Å². The number of nitrogens with one attached hydrogen (secondary N) is 2. The van der Waals surface area contributed by atoms with E-state index in [1.807, 2.05) is 19.9 Å². The molecule has 13 nitrogen and oxygen atoms in total. The van der Waals surface area contributed by atoms with E-state index in [4.69, 9.17) is 10.8 Å². The lowest BCUT2D eigenvalue weighted by Crippen LogP contribution is -2.59. The van der Waals surface area contributed by atoms with Crippen molar-refractivity contribution >= 4 is 35.6 Å². The van der Waals surface area contributed by atoms with Gasteiger partial charge in [0.1, 0.15) is 24.2 Å². The van der Waals surface area contributed by atoms with Crippen LogP contribution in [0.1, 0.15) is 50.7 Å². The Bertz CT molecular complexity index is 1400. The van der Waals surface area contributed by atoms with Gasteiger partial charge >= 0.3 is 11.9 Å². The number of likely N-dealkylation sites (tertiary alicyclic amines) is 1. The molecule has 5 atom stereocenters. The van der Waals surface area contributed by atoms with Crippen LogP contribution < -0.4 is 16.4 Å². The van der Waals surface area contributed by atoms with Crippen molar-refractivity contribution in [3.8, 4) is 0 Å². The molecule has 0 bridgehead atoms. The molecule has 0 saturated carbocycles. The fourth-order valence-corrected chi connectivity index (χ4v) is 5.71. The third-order valence-corrected chi connectivity index (χ3v) is 8.16. The Morgan fingerprint density at radius 1 is 0.872 bits per heavy atom. The molecule has 0 radical (unpaired) electrons. The second-order valence-electron chi connectivity index (χ2n) is 12.3. The number of carbonyl (C=O) groups is 6. The monoisotopic (exact) mass is 651 g/mol. The van der Waals surface area contributed by atoms with Crippen molar-refractivity contribution in [3.63, 3.8) is 0 Å². The predicted molar refractivity (Wildman–Crippen MR) is 173 cm³/mol. The summed E-state index contributed by atoms with van der Waals surface area (Å²) < 4.78 is 0. The van der Waals surface area contributed by atoms with Crippen LogP contribution in [-0.2, 0) is 41.6 Å². The van der Waals surface area contributed by atoms with Crippen LogP contribution >= 0.6 is 0 Å². The highest BCUT2D eigenvalue weighted by Gasteiger charge is 2.41. The summed E-state index contributed by atoms with van der Waals surface area (Å²) in [6.07, 6.45) is 0.650. The van der Waals surface area contributed by atoms with Gasteiger partial charge in [-0.15, -0.1) is 0 Å². The highest BCUT2D eigenvalue weighted by molar-refractivity contribution is 5.96. The number of aliphatic carboxylic acids is 2. The fourth-order valence-electron chi connectivity index (χ4n) is 5.71. The Morgan fingerprint density at radius 3 is 1.96 bits per heavy atom. The molecule has 47 heavy (non-hydrogen) atoms. The number of nitrogens with two attached hydrogens (primary N) is 1. The van der Waals surface area contributed by atoms with Crippen LogP contribution in [0.4, 0.5) is 0 Å². The van der Waals surface area contributed by atoms with E-state index in [2.05, 4.69) is 10.6 Å². The highest BCUT2D eigenvalue weighted by Crippen LogP contribution is 2.23. The number of amides is 4. The molecule has 0 aromatic heterocycles. The van der Waals surface area contributed by atoms with Gasteiger partial charge < -0.3 is 36.4 Å². The molecule has 0 aliphatic carbocycles. The first kappa shape index (κ1) is 36.7. The highest BCUT2D eigenvalue weighted by atomic mass is 16.4. The van der Waals surface area contributed by atoms with Crippen LogP contribution in [0.3, 0.4) is 0 Å². The van der Waals surface area contributed by atoms with Crippen LogP contribution in [0.5, 0.6) is 0 Å². The number of nitrogens with zero attached hydrogens (tertiary/aromatic N) is 2. The number of carboxylic acid groups (broad SMARTS) is 2. The predicted octanol–water partition coefficient (Wildman–Crippen LogP) is 1.19. The first-order valence-electron chi connectivity index (χ1n) is 15.7. The Hall–Kier alpha value is -4.78. The van der Waals surface area contributed by atoms with Gasteiger partial charge in [0.25, 0.3) is 0 Å². The second kappa shape index (κ2) is 17.2. The van der Waals surface area contributed by atoms with Crippen LogP contribution in [0.15, 0.2) is 60.7 Å². The molecule has 254 valence electrons. The average molecular weight is 652 g/mol. The average Bonchev–Trinajstić information content (AvgIpc) is 3.52. The van der Waals surface area contributed by atoms with E-state index in [0.717, 1.165) is 5.56 Å². The van der Waals surface area contributed by atoms with Crippen molar-refractivity contribution in [3.05, 3.63) is 71.8 Å². The summed E-state index contributed by atoms with van der Waals surface area (Å²) in [5, 5.41) is 23.6. The van der Waals surface area contributed by atoms with Crippen molar-refractivity contribution < 1.29 is 39.0 Å². The van der Waals surface area contributed by atoms with Gasteiger partial charge in [-0.2, -0.15) is 0 Å². The van der Waals surface area contributed by atoms with Crippen molar-refractivity contribution in [2.45, 2.75) is 82.6 Å². The van der Waals surface area contributed by atoms with Crippen LogP contribution in [-0.4, -0.2) is 99.4 Å². The molecule has 3 rings (SSSR count). The maximum Gasteiger partial charge on any atom is 0.326 e. The summed E-state index contributed by atoms with van der Waals surface area (Å²) in [6.45, 7) is 4.28. The van der Waals surface area contributed by atoms with Gasteiger partial charge in [-0.3, -0.25) is 24.0 Å². The van der Waals surface area contributed by atoms with Gasteiger partial charge in [0.2, 0.25) is 23.6 Å². The minimum Gasteiger partial charge on any atom is -0.481 e. The lowest BCUT2D eigenvalue weighted by atomic mass is 10.00. The summed E-state index contributed by atoms with van der Waals surface area (Å²) in [7, 11) is 1.48. The van der Waals surface area contributed by atoms with E-state index in [-0.39, 0.29) is 24.7 Å². The van der Waals surface area contributed by atoms with Crippen molar-refractivity contribution in [1.29, 1.82) is 0 Å². The van der Waals surface area contributed by atoms with E-state index in [1.165, 1.54) is 16.8 Å². The van der Waals surface area contributed by atoms with E-state index in [9.17, 15) is 33.9 Å².